The number of hydrogen-bond donors (Lipinski definition) is 1. The molecule has 1 heterocycles. The lowest BCUT2D eigenvalue weighted by molar-refractivity contribution is -0.320. The number of carbonyl (C=O) groups excluding carboxylic acids is 1. The fraction of sp³-hybridized carbons (Fsp3) is 0.889. The van der Waals surface area contributed by atoms with Gasteiger partial charge in [-0.3, -0.25) is 10.2 Å². The quantitative estimate of drug-likeness (QED) is 0.786. The van der Waals surface area contributed by atoms with Gasteiger partial charge in [-0.2, -0.15) is 26.3 Å². The van der Waals surface area contributed by atoms with Gasteiger partial charge in [0.1, 0.15) is 0 Å². The Morgan fingerprint density at radius 2 is 1.39 bits per heavy atom. The number of halogens is 6. The molecule has 106 valence electrons. The van der Waals surface area contributed by atoms with E-state index in [4.69, 9.17) is 0 Å². The van der Waals surface area contributed by atoms with Gasteiger partial charge in [-0.1, -0.05) is 0 Å². The van der Waals surface area contributed by atoms with Gasteiger partial charge in [0.25, 0.3) is 5.91 Å². The molecule has 0 aromatic carbocycles. The van der Waals surface area contributed by atoms with Crippen molar-refractivity contribution in [2.75, 3.05) is 13.1 Å². The van der Waals surface area contributed by atoms with Gasteiger partial charge in [0.05, 0.1) is 0 Å². The van der Waals surface area contributed by atoms with Crippen LogP contribution < -0.4 is 5.43 Å². The van der Waals surface area contributed by atoms with E-state index in [2.05, 4.69) is 0 Å². The molecule has 1 saturated heterocycles. The van der Waals surface area contributed by atoms with Crippen LogP contribution in [-0.4, -0.2) is 36.4 Å². The van der Waals surface area contributed by atoms with Crippen molar-refractivity contribution in [3.05, 3.63) is 0 Å². The Bertz CT molecular complexity index is 304. The van der Waals surface area contributed by atoms with E-state index in [1.807, 2.05) is 0 Å². The van der Waals surface area contributed by atoms with E-state index in [0.29, 0.717) is 12.8 Å². The summed E-state index contributed by atoms with van der Waals surface area (Å²) in [4.78, 5) is 11.3. The topological polar surface area (TPSA) is 32.3 Å². The van der Waals surface area contributed by atoms with Gasteiger partial charge >= 0.3 is 12.4 Å². The van der Waals surface area contributed by atoms with Gasteiger partial charge < -0.3 is 0 Å². The minimum Gasteiger partial charge on any atom is -0.288 e. The van der Waals surface area contributed by atoms with Crippen molar-refractivity contribution < 1.29 is 31.1 Å². The number of carbonyl (C=O) groups is 1. The Hall–Kier alpha value is -0.990. The van der Waals surface area contributed by atoms with Crippen molar-refractivity contribution in [2.24, 2.45) is 5.41 Å². The van der Waals surface area contributed by atoms with Crippen LogP contribution in [0.25, 0.3) is 0 Å². The second-order valence-electron chi connectivity index (χ2n) is 4.26. The van der Waals surface area contributed by atoms with Crippen LogP contribution in [0.2, 0.25) is 0 Å². The number of amides is 1. The fourth-order valence-corrected chi connectivity index (χ4v) is 1.50. The molecule has 1 aliphatic rings. The maximum atomic E-state index is 12.5. The normalized spacial score (nSPS) is 19.1. The van der Waals surface area contributed by atoms with Crippen LogP contribution in [-0.2, 0) is 4.79 Å². The molecule has 0 aromatic rings. The molecular weight excluding hydrogens is 266 g/mol. The highest BCUT2D eigenvalue weighted by Gasteiger charge is 2.72. The summed E-state index contributed by atoms with van der Waals surface area (Å²) in [6.07, 6.45) is -10.2. The van der Waals surface area contributed by atoms with Gasteiger partial charge in [-0.15, -0.1) is 0 Å². The zero-order valence-electron chi connectivity index (χ0n) is 9.45. The fourth-order valence-electron chi connectivity index (χ4n) is 1.50. The standard InChI is InChI=1S/C9H12F6N2O/c1-7(8(10,11)12,9(13,14)15)6(18)16-17-4-2-3-5-17/h2-5H2,1H3,(H,16,18). The zero-order chi connectivity index (χ0) is 14.2. The summed E-state index contributed by atoms with van der Waals surface area (Å²) in [5, 5.41) is 1.07. The summed E-state index contributed by atoms with van der Waals surface area (Å²) in [7, 11) is 0. The molecule has 18 heavy (non-hydrogen) atoms. The zero-order valence-corrected chi connectivity index (χ0v) is 9.45. The number of rotatable bonds is 2. The highest BCUT2D eigenvalue weighted by atomic mass is 19.4. The summed E-state index contributed by atoms with van der Waals surface area (Å²) in [6.45, 7) is 0.341. The number of alkyl halides is 6. The minimum atomic E-state index is -5.70. The average molecular weight is 278 g/mol. The van der Waals surface area contributed by atoms with Gasteiger partial charge in [-0.25, -0.2) is 5.01 Å². The third kappa shape index (κ3) is 2.55. The van der Waals surface area contributed by atoms with E-state index in [-0.39, 0.29) is 20.0 Å². The van der Waals surface area contributed by atoms with Crippen LogP contribution in [0.4, 0.5) is 26.3 Å². The van der Waals surface area contributed by atoms with E-state index in [1.54, 1.807) is 5.43 Å². The molecular formula is C9H12F6N2O. The minimum absolute atomic E-state index is 0.154. The SMILES string of the molecule is CC(C(=O)NN1CCCC1)(C(F)(F)F)C(F)(F)F. The first-order valence-electron chi connectivity index (χ1n) is 5.19. The number of hydrazine groups is 1. The Morgan fingerprint density at radius 1 is 1.00 bits per heavy atom. The highest BCUT2D eigenvalue weighted by molar-refractivity contribution is 5.83. The molecule has 1 fully saturated rings. The van der Waals surface area contributed by atoms with Crippen molar-refractivity contribution in [2.45, 2.75) is 32.1 Å². The van der Waals surface area contributed by atoms with E-state index >= 15 is 0 Å². The van der Waals surface area contributed by atoms with Gasteiger partial charge in [-0.05, 0) is 19.8 Å². The van der Waals surface area contributed by atoms with Crippen molar-refractivity contribution >= 4 is 5.91 Å². The molecule has 1 aliphatic heterocycles. The first-order chi connectivity index (χ1) is 8.00. The number of nitrogens with zero attached hydrogens (tertiary/aromatic N) is 1. The lowest BCUT2D eigenvalue weighted by atomic mass is 9.88. The Morgan fingerprint density at radius 3 is 1.72 bits per heavy atom. The predicted octanol–water partition coefficient (Wildman–Crippen LogP) is 2.24. The molecule has 0 spiro atoms. The van der Waals surface area contributed by atoms with E-state index in [9.17, 15) is 31.1 Å². The maximum absolute atomic E-state index is 12.5. The predicted molar refractivity (Wildman–Crippen MR) is 49.2 cm³/mol. The van der Waals surface area contributed by atoms with Crippen molar-refractivity contribution in [1.82, 2.24) is 10.4 Å². The molecule has 1 amide bonds. The number of nitrogens with one attached hydrogen (secondary N) is 1. The number of hydrogen-bond acceptors (Lipinski definition) is 2. The Balaban J connectivity index is 2.93. The molecule has 0 aliphatic carbocycles. The molecule has 1 N–H and O–H groups in total. The molecule has 9 heteroatoms. The summed E-state index contributed by atoms with van der Waals surface area (Å²) >= 11 is 0. The summed E-state index contributed by atoms with van der Waals surface area (Å²) < 4.78 is 75.2. The van der Waals surface area contributed by atoms with E-state index < -0.39 is 23.7 Å². The summed E-state index contributed by atoms with van der Waals surface area (Å²) in [5.41, 5.74) is -2.71. The molecule has 3 nitrogen and oxygen atoms in total. The van der Waals surface area contributed by atoms with Crippen LogP contribution in [0.1, 0.15) is 19.8 Å². The molecule has 0 bridgehead atoms. The largest absolute Gasteiger partial charge is 0.411 e. The molecule has 0 radical (unpaired) electrons. The first kappa shape index (κ1) is 15.1. The molecule has 0 aromatic heterocycles. The van der Waals surface area contributed by atoms with Gasteiger partial charge in [0.15, 0.2) is 0 Å². The third-order valence-electron chi connectivity index (χ3n) is 2.95. The van der Waals surface area contributed by atoms with Crippen LogP contribution in [0.5, 0.6) is 0 Å². The second-order valence-corrected chi connectivity index (χ2v) is 4.26. The van der Waals surface area contributed by atoms with Gasteiger partial charge in [0.2, 0.25) is 5.41 Å². The molecule has 0 unspecified atom stereocenters. The van der Waals surface area contributed by atoms with Crippen LogP contribution in [0, 0.1) is 5.41 Å². The van der Waals surface area contributed by atoms with Crippen LogP contribution in [0.3, 0.4) is 0 Å². The molecule has 1 rings (SSSR count). The van der Waals surface area contributed by atoms with Crippen molar-refractivity contribution in [3.63, 3.8) is 0 Å². The smallest absolute Gasteiger partial charge is 0.288 e. The highest BCUT2D eigenvalue weighted by Crippen LogP contribution is 2.50. The molecule has 0 saturated carbocycles. The maximum Gasteiger partial charge on any atom is 0.411 e. The van der Waals surface area contributed by atoms with Crippen molar-refractivity contribution in [3.8, 4) is 0 Å². The lowest BCUT2D eigenvalue weighted by Crippen LogP contribution is -2.60. The molecule has 0 atom stereocenters. The first-order valence-corrected chi connectivity index (χ1v) is 5.19. The lowest BCUT2D eigenvalue weighted by Gasteiger charge is -2.33. The average Bonchev–Trinajstić information content (AvgIpc) is 2.65. The van der Waals surface area contributed by atoms with Crippen LogP contribution in [0.15, 0.2) is 0 Å². The summed E-state index contributed by atoms with van der Waals surface area (Å²) in [5.74, 6) is -2.09. The van der Waals surface area contributed by atoms with E-state index in [0.717, 1.165) is 5.01 Å². The summed E-state index contributed by atoms with van der Waals surface area (Å²) in [6, 6.07) is 0. The monoisotopic (exact) mass is 278 g/mol. The third-order valence-corrected chi connectivity index (χ3v) is 2.95. The van der Waals surface area contributed by atoms with Gasteiger partial charge in [0, 0.05) is 13.1 Å². The Labute approximate surface area is 99.1 Å². The van der Waals surface area contributed by atoms with Crippen molar-refractivity contribution in [1.29, 1.82) is 0 Å². The van der Waals surface area contributed by atoms with Crippen LogP contribution >= 0.6 is 0 Å². The Kier molecular flexibility index (Phi) is 3.85. The second kappa shape index (κ2) is 4.60. The van der Waals surface area contributed by atoms with E-state index in [1.165, 1.54) is 0 Å².